The van der Waals surface area contributed by atoms with Gasteiger partial charge in [-0.25, -0.2) is 4.98 Å². The Labute approximate surface area is 184 Å². The number of carbonyl (C=O) groups excluding carboxylic acids is 1. The van der Waals surface area contributed by atoms with Gasteiger partial charge < -0.3 is 16.4 Å². The third kappa shape index (κ3) is 4.18. The first-order valence-electron chi connectivity index (χ1n) is 10.3. The van der Waals surface area contributed by atoms with Gasteiger partial charge in [-0.3, -0.25) is 14.1 Å². The lowest BCUT2D eigenvalue weighted by Gasteiger charge is -2.26. The van der Waals surface area contributed by atoms with Gasteiger partial charge in [0.2, 0.25) is 0 Å². The maximum absolute atomic E-state index is 12.7. The molecule has 2 aromatic heterocycles. The SMILES string of the molecule is Nc1ccc(C(=O)Nc2ccccc2-c2cn3c(CN4CCNCC4)csc3n2)cc1. The maximum atomic E-state index is 12.7. The van der Waals surface area contributed by atoms with E-state index in [0.717, 1.165) is 54.6 Å². The van der Waals surface area contributed by atoms with Crippen molar-refractivity contribution in [1.29, 1.82) is 0 Å². The molecule has 0 radical (unpaired) electrons. The van der Waals surface area contributed by atoms with Crippen molar-refractivity contribution in [2.24, 2.45) is 0 Å². The molecule has 4 N–H and O–H groups in total. The number of benzene rings is 2. The summed E-state index contributed by atoms with van der Waals surface area (Å²) in [5.74, 6) is -0.173. The second-order valence-corrected chi connectivity index (χ2v) is 8.49. The normalized spacial score (nSPS) is 14.7. The van der Waals surface area contributed by atoms with Crippen LogP contribution in [0.1, 0.15) is 16.1 Å². The van der Waals surface area contributed by atoms with Gasteiger partial charge in [-0.05, 0) is 30.3 Å². The Kier molecular flexibility index (Phi) is 5.42. The molecule has 1 fully saturated rings. The van der Waals surface area contributed by atoms with Crippen LogP contribution in [0.4, 0.5) is 11.4 Å². The molecule has 0 aliphatic carbocycles. The standard InChI is InChI=1S/C23H24N6OS/c24-17-7-5-16(6-8-17)22(30)26-20-4-2-1-3-19(20)21-14-29-18(15-31-23(29)27-21)13-28-11-9-25-10-12-28/h1-8,14-15,25H,9-13,24H2,(H,26,30). The highest BCUT2D eigenvalue weighted by Gasteiger charge is 2.17. The predicted molar refractivity (Wildman–Crippen MR) is 125 cm³/mol. The van der Waals surface area contributed by atoms with E-state index in [2.05, 4.69) is 31.5 Å². The molecule has 2 aromatic carbocycles. The zero-order valence-corrected chi connectivity index (χ0v) is 17.9. The zero-order chi connectivity index (χ0) is 21.2. The van der Waals surface area contributed by atoms with E-state index >= 15 is 0 Å². The summed E-state index contributed by atoms with van der Waals surface area (Å²) in [4.78, 5) is 21.0. The Morgan fingerprint density at radius 3 is 2.71 bits per heavy atom. The number of rotatable bonds is 5. The van der Waals surface area contributed by atoms with Crippen molar-refractivity contribution in [3.05, 3.63) is 71.4 Å². The quantitative estimate of drug-likeness (QED) is 0.421. The van der Waals surface area contributed by atoms with E-state index in [1.807, 2.05) is 24.3 Å². The number of para-hydroxylation sites is 1. The number of fused-ring (bicyclic) bond motifs is 1. The number of hydrogen-bond acceptors (Lipinski definition) is 6. The van der Waals surface area contributed by atoms with E-state index in [1.54, 1.807) is 35.6 Å². The first-order chi connectivity index (χ1) is 15.2. The van der Waals surface area contributed by atoms with Crippen LogP contribution in [0.25, 0.3) is 16.2 Å². The highest BCUT2D eigenvalue weighted by Crippen LogP contribution is 2.30. The number of thiazole rings is 1. The predicted octanol–water partition coefficient (Wildman–Crippen LogP) is 3.30. The molecule has 7 nitrogen and oxygen atoms in total. The number of nitrogens with zero attached hydrogens (tertiary/aromatic N) is 3. The lowest BCUT2D eigenvalue weighted by atomic mass is 10.1. The summed E-state index contributed by atoms with van der Waals surface area (Å²) in [5, 5.41) is 8.60. The first kappa shape index (κ1) is 19.7. The lowest BCUT2D eigenvalue weighted by molar-refractivity contribution is 0.102. The molecule has 31 heavy (non-hydrogen) atoms. The van der Waals surface area contributed by atoms with Crippen LogP contribution in [-0.4, -0.2) is 46.4 Å². The molecule has 0 spiro atoms. The summed E-state index contributed by atoms with van der Waals surface area (Å²) in [6.07, 6.45) is 2.07. The topological polar surface area (TPSA) is 87.7 Å². The molecule has 5 rings (SSSR count). The molecule has 0 unspecified atom stereocenters. The van der Waals surface area contributed by atoms with Crippen molar-refractivity contribution in [3.63, 3.8) is 0 Å². The van der Waals surface area contributed by atoms with Crippen LogP contribution in [0, 0.1) is 0 Å². The molecule has 8 heteroatoms. The average molecular weight is 433 g/mol. The molecule has 158 valence electrons. The Morgan fingerprint density at radius 1 is 1.13 bits per heavy atom. The minimum absolute atomic E-state index is 0.173. The van der Waals surface area contributed by atoms with Crippen molar-refractivity contribution in [1.82, 2.24) is 19.6 Å². The van der Waals surface area contributed by atoms with Gasteiger partial charge in [-0.15, -0.1) is 11.3 Å². The largest absolute Gasteiger partial charge is 0.399 e. The number of imidazole rings is 1. The van der Waals surface area contributed by atoms with Gasteiger partial charge >= 0.3 is 0 Å². The number of nitrogens with two attached hydrogens (primary N) is 1. The van der Waals surface area contributed by atoms with E-state index in [9.17, 15) is 4.79 Å². The molecule has 3 heterocycles. The summed E-state index contributed by atoms with van der Waals surface area (Å²) in [6, 6.07) is 14.7. The van der Waals surface area contributed by atoms with E-state index in [0.29, 0.717) is 11.3 Å². The third-order valence-corrected chi connectivity index (χ3v) is 6.39. The summed E-state index contributed by atoms with van der Waals surface area (Å²) < 4.78 is 2.17. The van der Waals surface area contributed by atoms with Gasteiger partial charge in [0.05, 0.1) is 11.4 Å². The van der Waals surface area contributed by atoms with Crippen molar-refractivity contribution >= 4 is 33.6 Å². The second kappa shape index (κ2) is 8.50. The number of hydrogen-bond donors (Lipinski definition) is 3. The van der Waals surface area contributed by atoms with Crippen LogP contribution in [-0.2, 0) is 6.54 Å². The Hall–Kier alpha value is -3.20. The smallest absolute Gasteiger partial charge is 0.255 e. The minimum atomic E-state index is -0.173. The molecule has 1 saturated heterocycles. The number of carbonyl (C=O) groups is 1. The Bertz CT molecular complexity index is 1210. The van der Waals surface area contributed by atoms with Gasteiger partial charge in [-0.1, -0.05) is 18.2 Å². The van der Waals surface area contributed by atoms with E-state index in [4.69, 9.17) is 10.7 Å². The molecule has 1 aliphatic heterocycles. The van der Waals surface area contributed by atoms with Gasteiger partial charge in [0, 0.05) is 66.8 Å². The molecule has 1 amide bonds. The number of nitrogen functional groups attached to an aromatic ring is 1. The monoisotopic (exact) mass is 432 g/mol. The fourth-order valence-electron chi connectivity index (χ4n) is 3.82. The van der Waals surface area contributed by atoms with E-state index in [-0.39, 0.29) is 5.91 Å². The number of piperazine rings is 1. The highest BCUT2D eigenvalue weighted by molar-refractivity contribution is 7.15. The summed E-state index contributed by atoms with van der Waals surface area (Å²) in [6.45, 7) is 5.08. The van der Waals surface area contributed by atoms with Crippen LogP contribution < -0.4 is 16.4 Å². The molecule has 0 saturated carbocycles. The average Bonchev–Trinajstić information content (AvgIpc) is 3.37. The maximum Gasteiger partial charge on any atom is 0.255 e. The van der Waals surface area contributed by atoms with Gasteiger partial charge in [0.25, 0.3) is 5.91 Å². The Morgan fingerprint density at radius 2 is 1.90 bits per heavy atom. The fourth-order valence-corrected chi connectivity index (χ4v) is 4.68. The minimum Gasteiger partial charge on any atom is -0.399 e. The molecular weight excluding hydrogens is 408 g/mol. The number of aromatic nitrogens is 2. The van der Waals surface area contributed by atoms with Crippen LogP contribution in [0.3, 0.4) is 0 Å². The van der Waals surface area contributed by atoms with Gasteiger partial charge in [-0.2, -0.15) is 0 Å². The number of amides is 1. The van der Waals surface area contributed by atoms with Gasteiger partial charge in [0.15, 0.2) is 4.96 Å². The highest BCUT2D eigenvalue weighted by atomic mass is 32.1. The van der Waals surface area contributed by atoms with Gasteiger partial charge in [0.1, 0.15) is 0 Å². The third-order valence-electron chi connectivity index (χ3n) is 5.50. The van der Waals surface area contributed by atoms with E-state index < -0.39 is 0 Å². The summed E-state index contributed by atoms with van der Waals surface area (Å²) >= 11 is 1.65. The van der Waals surface area contributed by atoms with Crippen molar-refractivity contribution in [2.45, 2.75) is 6.54 Å². The molecular formula is C23H24N6OS. The molecule has 0 bridgehead atoms. The summed E-state index contributed by atoms with van der Waals surface area (Å²) in [7, 11) is 0. The Balaban J connectivity index is 1.41. The zero-order valence-electron chi connectivity index (χ0n) is 17.0. The van der Waals surface area contributed by atoms with E-state index in [1.165, 1.54) is 5.69 Å². The van der Waals surface area contributed by atoms with Crippen LogP contribution >= 0.6 is 11.3 Å². The van der Waals surface area contributed by atoms with Crippen LogP contribution in [0.15, 0.2) is 60.1 Å². The first-order valence-corrected chi connectivity index (χ1v) is 11.2. The van der Waals surface area contributed by atoms with Crippen LogP contribution in [0.5, 0.6) is 0 Å². The van der Waals surface area contributed by atoms with Crippen molar-refractivity contribution in [3.8, 4) is 11.3 Å². The lowest BCUT2D eigenvalue weighted by Crippen LogP contribution is -2.43. The summed E-state index contributed by atoms with van der Waals surface area (Å²) in [5.41, 5.74) is 10.6. The molecule has 4 aromatic rings. The van der Waals surface area contributed by atoms with Crippen LogP contribution in [0.2, 0.25) is 0 Å². The second-order valence-electron chi connectivity index (χ2n) is 7.65. The molecule has 0 atom stereocenters. The fraction of sp³-hybridized carbons (Fsp3) is 0.217. The number of anilines is 2. The van der Waals surface area contributed by atoms with Crippen molar-refractivity contribution in [2.75, 3.05) is 37.2 Å². The number of nitrogens with one attached hydrogen (secondary N) is 2. The molecule has 1 aliphatic rings. The van der Waals surface area contributed by atoms with Crippen molar-refractivity contribution < 1.29 is 4.79 Å².